The number of hydrogen-bond acceptors (Lipinski definition) is 5. The predicted molar refractivity (Wildman–Crippen MR) is 111 cm³/mol. The van der Waals surface area contributed by atoms with Gasteiger partial charge in [0.05, 0.1) is 22.9 Å². The lowest BCUT2D eigenvalue weighted by Crippen LogP contribution is -2.33. The normalized spacial score (nSPS) is 11.1. The fraction of sp³-hybridized carbons (Fsp3) is 0.190. The SMILES string of the molecule is COc1ccccc1CNC(=O)Cn1nc(C)c2sc3ccccc3c2c1=O. The van der Waals surface area contributed by atoms with Crippen LogP contribution in [0, 0.1) is 6.92 Å². The first-order valence-electron chi connectivity index (χ1n) is 8.86. The third kappa shape index (κ3) is 3.25. The summed E-state index contributed by atoms with van der Waals surface area (Å²) >= 11 is 1.55. The molecule has 0 spiro atoms. The summed E-state index contributed by atoms with van der Waals surface area (Å²) in [6, 6.07) is 15.3. The second kappa shape index (κ2) is 7.44. The maximum absolute atomic E-state index is 13.0. The molecule has 0 fully saturated rings. The van der Waals surface area contributed by atoms with Gasteiger partial charge in [0.15, 0.2) is 0 Å². The molecule has 0 radical (unpaired) electrons. The van der Waals surface area contributed by atoms with Gasteiger partial charge in [-0.1, -0.05) is 36.4 Å². The van der Waals surface area contributed by atoms with Gasteiger partial charge in [-0.3, -0.25) is 9.59 Å². The lowest BCUT2D eigenvalue weighted by atomic mass is 10.2. The number of hydrogen-bond donors (Lipinski definition) is 1. The van der Waals surface area contributed by atoms with Gasteiger partial charge in [-0.2, -0.15) is 5.10 Å². The van der Waals surface area contributed by atoms with Crippen molar-refractivity contribution < 1.29 is 9.53 Å². The second-order valence-corrected chi connectivity index (χ2v) is 7.49. The van der Waals surface area contributed by atoms with Crippen molar-refractivity contribution in [2.24, 2.45) is 0 Å². The maximum Gasteiger partial charge on any atom is 0.276 e. The fourth-order valence-electron chi connectivity index (χ4n) is 3.26. The number of methoxy groups -OCH3 is 1. The summed E-state index contributed by atoms with van der Waals surface area (Å²) in [6.45, 7) is 2.05. The van der Waals surface area contributed by atoms with E-state index < -0.39 is 0 Å². The number of amides is 1. The summed E-state index contributed by atoms with van der Waals surface area (Å²) in [6.07, 6.45) is 0. The van der Waals surface area contributed by atoms with Crippen LogP contribution in [0.25, 0.3) is 20.2 Å². The molecule has 28 heavy (non-hydrogen) atoms. The van der Waals surface area contributed by atoms with Crippen LogP contribution in [0.2, 0.25) is 0 Å². The minimum absolute atomic E-state index is 0.130. The van der Waals surface area contributed by atoms with Crippen LogP contribution in [-0.2, 0) is 17.9 Å². The minimum Gasteiger partial charge on any atom is -0.496 e. The molecular formula is C21H19N3O3S. The molecule has 2 aromatic heterocycles. The van der Waals surface area contributed by atoms with Crippen molar-refractivity contribution in [1.82, 2.24) is 15.1 Å². The lowest BCUT2D eigenvalue weighted by Gasteiger charge is -2.10. The molecule has 142 valence electrons. The Bertz CT molecular complexity index is 1240. The van der Waals surface area contributed by atoms with Crippen LogP contribution in [0.1, 0.15) is 11.3 Å². The first-order chi connectivity index (χ1) is 13.6. The second-order valence-electron chi connectivity index (χ2n) is 6.44. The first-order valence-corrected chi connectivity index (χ1v) is 9.67. The zero-order chi connectivity index (χ0) is 19.7. The van der Waals surface area contributed by atoms with E-state index in [-0.39, 0.29) is 18.0 Å². The molecular weight excluding hydrogens is 374 g/mol. The van der Waals surface area contributed by atoms with E-state index in [1.54, 1.807) is 18.4 Å². The van der Waals surface area contributed by atoms with Gasteiger partial charge in [0.25, 0.3) is 5.56 Å². The molecule has 0 aliphatic carbocycles. The van der Waals surface area contributed by atoms with Crippen molar-refractivity contribution in [1.29, 1.82) is 0 Å². The smallest absolute Gasteiger partial charge is 0.276 e. The van der Waals surface area contributed by atoms with Crippen molar-refractivity contribution in [3.8, 4) is 5.75 Å². The Morgan fingerprint density at radius 2 is 1.93 bits per heavy atom. The van der Waals surface area contributed by atoms with Crippen LogP contribution >= 0.6 is 11.3 Å². The zero-order valence-electron chi connectivity index (χ0n) is 15.6. The number of nitrogens with one attached hydrogen (secondary N) is 1. The van der Waals surface area contributed by atoms with Crippen molar-refractivity contribution in [2.75, 3.05) is 7.11 Å². The number of aryl methyl sites for hydroxylation is 1. The van der Waals surface area contributed by atoms with Crippen LogP contribution in [0.5, 0.6) is 5.75 Å². The zero-order valence-corrected chi connectivity index (χ0v) is 16.4. The molecule has 0 bridgehead atoms. The highest BCUT2D eigenvalue weighted by Gasteiger charge is 2.16. The van der Waals surface area contributed by atoms with Gasteiger partial charge < -0.3 is 10.1 Å². The van der Waals surface area contributed by atoms with Gasteiger partial charge >= 0.3 is 0 Å². The number of nitrogens with zero attached hydrogens (tertiary/aromatic N) is 2. The van der Waals surface area contributed by atoms with E-state index in [9.17, 15) is 9.59 Å². The Kier molecular flexibility index (Phi) is 4.83. The standard InChI is InChI=1S/C21H19N3O3S/c1-13-20-19(15-8-4-6-10-17(15)28-20)21(26)24(23-13)12-18(25)22-11-14-7-3-5-9-16(14)27-2/h3-10H,11-12H2,1-2H3,(H,22,25). The average Bonchev–Trinajstić information content (AvgIpc) is 3.11. The van der Waals surface area contributed by atoms with E-state index in [1.165, 1.54) is 4.68 Å². The Morgan fingerprint density at radius 1 is 1.18 bits per heavy atom. The van der Waals surface area contributed by atoms with Crippen molar-refractivity contribution in [3.05, 3.63) is 70.1 Å². The number of para-hydroxylation sites is 1. The molecule has 0 saturated carbocycles. The number of benzene rings is 2. The van der Waals surface area contributed by atoms with Gasteiger partial charge in [0.2, 0.25) is 5.91 Å². The summed E-state index contributed by atoms with van der Waals surface area (Å²) in [4.78, 5) is 25.4. The van der Waals surface area contributed by atoms with Gasteiger partial charge in [-0.25, -0.2) is 4.68 Å². The number of rotatable bonds is 5. The minimum atomic E-state index is -0.279. The lowest BCUT2D eigenvalue weighted by molar-refractivity contribution is -0.122. The van der Waals surface area contributed by atoms with Crippen LogP contribution in [-0.4, -0.2) is 22.8 Å². The van der Waals surface area contributed by atoms with Crippen LogP contribution in [0.4, 0.5) is 0 Å². The van der Waals surface area contributed by atoms with E-state index >= 15 is 0 Å². The van der Waals surface area contributed by atoms with Crippen LogP contribution < -0.4 is 15.6 Å². The first kappa shape index (κ1) is 18.2. The van der Waals surface area contributed by atoms with Gasteiger partial charge in [-0.15, -0.1) is 11.3 Å². The monoisotopic (exact) mass is 393 g/mol. The Balaban J connectivity index is 1.61. The quantitative estimate of drug-likeness (QED) is 0.565. The molecule has 0 unspecified atom stereocenters. The molecule has 4 rings (SSSR count). The average molecular weight is 393 g/mol. The van der Waals surface area contributed by atoms with Crippen LogP contribution in [0.15, 0.2) is 53.3 Å². The topological polar surface area (TPSA) is 73.2 Å². The van der Waals surface area contributed by atoms with E-state index in [4.69, 9.17) is 4.74 Å². The highest BCUT2D eigenvalue weighted by atomic mass is 32.1. The van der Waals surface area contributed by atoms with Gasteiger partial charge in [-0.05, 0) is 19.1 Å². The van der Waals surface area contributed by atoms with E-state index in [2.05, 4.69) is 10.4 Å². The number of thiophene rings is 1. The van der Waals surface area contributed by atoms with Gasteiger partial charge in [0, 0.05) is 22.2 Å². The summed E-state index contributed by atoms with van der Waals surface area (Å²) in [5.41, 5.74) is 1.37. The molecule has 4 aromatic rings. The molecule has 2 aromatic carbocycles. The molecule has 2 heterocycles. The molecule has 1 N–H and O–H groups in total. The third-order valence-electron chi connectivity index (χ3n) is 4.60. The molecule has 7 heteroatoms. The largest absolute Gasteiger partial charge is 0.496 e. The maximum atomic E-state index is 13.0. The highest BCUT2D eigenvalue weighted by Crippen LogP contribution is 2.32. The van der Waals surface area contributed by atoms with Crippen molar-refractivity contribution in [2.45, 2.75) is 20.0 Å². The summed E-state index contributed by atoms with van der Waals surface area (Å²) in [7, 11) is 1.59. The molecule has 0 atom stereocenters. The number of aromatic nitrogens is 2. The number of ether oxygens (including phenoxy) is 1. The molecule has 0 aliphatic heterocycles. The number of fused-ring (bicyclic) bond motifs is 3. The van der Waals surface area contributed by atoms with Crippen LogP contribution in [0.3, 0.4) is 0 Å². The summed E-state index contributed by atoms with van der Waals surface area (Å²) in [5, 5.41) is 8.72. The Hall–Kier alpha value is -3.19. The third-order valence-corrected chi connectivity index (χ3v) is 5.88. The number of carbonyl (C=O) groups excluding carboxylic acids is 1. The van der Waals surface area contributed by atoms with E-state index in [0.717, 1.165) is 26.0 Å². The molecule has 6 nitrogen and oxygen atoms in total. The van der Waals surface area contributed by atoms with Crippen molar-refractivity contribution >= 4 is 37.4 Å². The van der Waals surface area contributed by atoms with E-state index in [1.807, 2.05) is 55.5 Å². The van der Waals surface area contributed by atoms with E-state index in [0.29, 0.717) is 17.7 Å². The van der Waals surface area contributed by atoms with Crippen molar-refractivity contribution in [3.63, 3.8) is 0 Å². The summed E-state index contributed by atoms with van der Waals surface area (Å²) in [5.74, 6) is 0.430. The summed E-state index contributed by atoms with van der Waals surface area (Å²) < 4.78 is 8.45. The van der Waals surface area contributed by atoms with Gasteiger partial charge in [0.1, 0.15) is 12.3 Å². The Morgan fingerprint density at radius 3 is 2.75 bits per heavy atom. The molecule has 1 amide bonds. The fourth-order valence-corrected chi connectivity index (χ4v) is 4.39. The highest BCUT2D eigenvalue weighted by molar-refractivity contribution is 7.26. The molecule has 0 saturated heterocycles. The predicted octanol–water partition coefficient (Wildman–Crippen LogP) is 3.24. The Labute approximate surface area is 165 Å². The molecule has 0 aliphatic rings. The number of carbonyl (C=O) groups is 1.